The average Bonchev–Trinajstić information content (AvgIpc) is 2.98. The van der Waals surface area contributed by atoms with Crippen LogP contribution in [-0.2, 0) is 18.3 Å². The van der Waals surface area contributed by atoms with Gasteiger partial charge in [0.15, 0.2) is 11.6 Å². The van der Waals surface area contributed by atoms with Crippen molar-refractivity contribution in [3.63, 3.8) is 0 Å². The minimum atomic E-state index is -4.86. The molecule has 15 heteroatoms. The van der Waals surface area contributed by atoms with Crippen LogP contribution in [0.2, 0.25) is 0 Å². The smallest absolute Gasteiger partial charge is 0.408 e. The Morgan fingerprint density at radius 1 is 1.09 bits per heavy atom. The third kappa shape index (κ3) is 6.47. The molecular weight excluding hydrogens is 608 g/mol. The van der Waals surface area contributed by atoms with Gasteiger partial charge in [0, 0.05) is 42.4 Å². The number of pyridine rings is 1. The molecule has 0 unspecified atom stereocenters. The number of hydrogen-bond donors (Lipinski definition) is 3. The van der Waals surface area contributed by atoms with Crippen LogP contribution in [0.3, 0.4) is 0 Å². The highest BCUT2D eigenvalue weighted by atomic mass is 19.4. The largest absolute Gasteiger partial charge is 0.480 e. The predicted molar refractivity (Wildman–Crippen MR) is 152 cm³/mol. The standard InChI is InChI=1S/C30H27F6N5O4/c1-5-21(30(34,35)36)39-19-12-18(31)22(24(33)23(19)32)27(42)40-20(29(44)45)11-15-8-9-17(25-16(15)7-6-10-37-25)26-28(43)41(4)14(3)13(2)38-26/h6-10,12,20-21,39H,5,11H2,1-4H3,(H,40,42)(H,44,45)/t20-,21+/m0/s1. The highest BCUT2D eigenvalue weighted by molar-refractivity contribution is 5.98. The third-order valence-electron chi connectivity index (χ3n) is 7.47. The number of alkyl halides is 3. The van der Waals surface area contributed by atoms with Crippen LogP contribution in [0.15, 0.2) is 41.3 Å². The van der Waals surface area contributed by atoms with Crippen LogP contribution < -0.4 is 16.2 Å². The molecule has 9 nitrogen and oxygen atoms in total. The maximum atomic E-state index is 14.8. The second kappa shape index (κ2) is 12.6. The highest BCUT2D eigenvalue weighted by Gasteiger charge is 2.39. The van der Waals surface area contributed by atoms with E-state index in [1.165, 1.54) is 22.9 Å². The quantitative estimate of drug-likeness (QED) is 0.170. The van der Waals surface area contributed by atoms with Gasteiger partial charge in [-0.1, -0.05) is 25.1 Å². The number of nitrogens with one attached hydrogen (secondary N) is 2. The zero-order valence-electron chi connectivity index (χ0n) is 24.3. The van der Waals surface area contributed by atoms with Crippen molar-refractivity contribution >= 4 is 28.5 Å². The number of nitrogens with zero attached hydrogens (tertiary/aromatic N) is 3. The zero-order chi connectivity index (χ0) is 33.4. The normalized spacial score (nSPS) is 13.0. The number of rotatable bonds is 9. The molecule has 2 heterocycles. The van der Waals surface area contributed by atoms with Crippen LogP contribution in [0.4, 0.5) is 32.0 Å². The van der Waals surface area contributed by atoms with Gasteiger partial charge in [-0.2, -0.15) is 13.2 Å². The average molecular weight is 636 g/mol. The molecule has 0 bridgehead atoms. The Bertz CT molecular complexity index is 1880. The van der Waals surface area contributed by atoms with Crippen molar-refractivity contribution in [3.8, 4) is 11.3 Å². The SMILES string of the molecule is CC[C@@H](Nc1cc(F)c(C(=O)N[C@@H](Cc2ccc(-c3nc(C)c(C)n(C)c3=O)c3ncccc23)C(=O)O)c(F)c1F)C(F)(F)F. The lowest BCUT2D eigenvalue weighted by Gasteiger charge is -2.22. The molecule has 0 fully saturated rings. The number of hydrogen-bond acceptors (Lipinski definition) is 6. The summed E-state index contributed by atoms with van der Waals surface area (Å²) in [4.78, 5) is 46.7. The molecule has 2 aromatic heterocycles. The lowest BCUT2D eigenvalue weighted by molar-refractivity contribution is -0.143. The van der Waals surface area contributed by atoms with Gasteiger partial charge in [0.2, 0.25) is 0 Å². The maximum Gasteiger partial charge on any atom is 0.408 e. The van der Waals surface area contributed by atoms with E-state index in [1.807, 2.05) is 5.32 Å². The number of benzene rings is 2. The Hall–Kier alpha value is -4.95. The number of amides is 1. The van der Waals surface area contributed by atoms with Crippen LogP contribution in [-0.4, -0.2) is 49.8 Å². The summed E-state index contributed by atoms with van der Waals surface area (Å²) in [6, 6.07) is 2.22. The summed E-state index contributed by atoms with van der Waals surface area (Å²) in [5, 5.41) is 13.9. The van der Waals surface area contributed by atoms with E-state index in [9.17, 15) is 45.8 Å². The number of anilines is 1. The number of carbonyl (C=O) groups is 2. The van der Waals surface area contributed by atoms with E-state index in [0.717, 1.165) is 6.92 Å². The third-order valence-corrected chi connectivity index (χ3v) is 7.47. The lowest BCUT2D eigenvalue weighted by atomic mass is 9.96. The fourth-order valence-electron chi connectivity index (χ4n) is 4.79. The second-order valence-electron chi connectivity index (χ2n) is 10.3. The number of halogens is 6. The molecular formula is C30H27F6N5O4. The van der Waals surface area contributed by atoms with Gasteiger partial charge in [-0.15, -0.1) is 0 Å². The van der Waals surface area contributed by atoms with Crippen molar-refractivity contribution in [2.24, 2.45) is 7.05 Å². The first-order valence-electron chi connectivity index (χ1n) is 13.5. The Kier molecular flexibility index (Phi) is 9.21. The molecule has 2 atom stereocenters. The number of carbonyl (C=O) groups excluding carboxylic acids is 1. The monoisotopic (exact) mass is 635 g/mol. The van der Waals surface area contributed by atoms with Crippen LogP contribution in [0, 0.1) is 31.3 Å². The Morgan fingerprint density at radius 3 is 2.40 bits per heavy atom. The van der Waals surface area contributed by atoms with Gasteiger partial charge in [0.1, 0.15) is 29.2 Å². The zero-order valence-corrected chi connectivity index (χ0v) is 24.3. The van der Waals surface area contributed by atoms with E-state index >= 15 is 0 Å². The fourth-order valence-corrected chi connectivity index (χ4v) is 4.79. The van der Waals surface area contributed by atoms with Gasteiger partial charge < -0.3 is 20.3 Å². The summed E-state index contributed by atoms with van der Waals surface area (Å²) < 4.78 is 85.1. The molecule has 0 saturated heterocycles. The van der Waals surface area contributed by atoms with Crippen molar-refractivity contribution < 1.29 is 41.0 Å². The van der Waals surface area contributed by atoms with E-state index in [-0.39, 0.29) is 11.8 Å². The highest BCUT2D eigenvalue weighted by Crippen LogP contribution is 2.31. The van der Waals surface area contributed by atoms with Gasteiger partial charge in [-0.25, -0.2) is 22.9 Å². The minimum absolute atomic E-state index is 0.102. The summed E-state index contributed by atoms with van der Waals surface area (Å²) in [6.07, 6.45) is -4.43. The van der Waals surface area contributed by atoms with Crippen LogP contribution in [0.5, 0.6) is 0 Å². The Labute approximate surface area is 251 Å². The molecule has 0 spiro atoms. The molecule has 0 saturated carbocycles. The first kappa shape index (κ1) is 33.0. The van der Waals surface area contributed by atoms with Crippen molar-refractivity contribution in [2.45, 2.75) is 51.9 Å². The second-order valence-corrected chi connectivity index (χ2v) is 10.3. The van der Waals surface area contributed by atoms with Crippen LogP contribution >= 0.6 is 0 Å². The van der Waals surface area contributed by atoms with Gasteiger partial charge in [-0.05, 0) is 31.9 Å². The predicted octanol–water partition coefficient (Wildman–Crippen LogP) is 5.21. The molecule has 0 radical (unpaired) electrons. The topological polar surface area (TPSA) is 126 Å². The minimum Gasteiger partial charge on any atom is -0.480 e. The van der Waals surface area contributed by atoms with E-state index in [4.69, 9.17) is 0 Å². The van der Waals surface area contributed by atoms with Gasteiger partial charge in [0.25, 0.3) is 11.5 Å². The molecule has 4 aromatic rings. The molecule has 3 N–H and O–H groups in total. The first-order valence-corrected chi connectivity index (χ1v) is 13.5. The van der Waals surface area contributed by atoms with Gasteiger partial charge in [0.05, 0.1) is 16.9 Å². The van der Waals surface area contributed by atoms with Crippen LogP contribution in [0.25, 0.3) is 22.2 Å². The van der Waals surface area contributed by atoms with Crippen molar-refractivity contribution in [1.29, 1.82) is 0 Å². The van der Waals surface area contributed by atoms with Crippen molar-refractivity contribution in [2.75, 3.05) is 5.32 Å². The summed E-state index contributed by atoms with van der Waals surface area (Å²) in [5.74, 6) is -9.01. The summed E-state index contributed by atoms with van der Waals surface area (Å²) in [6.45, 7) is 4.59. The number of aliphatic carboxylic acids is 1. The number of aromatic nitrogens is 3. The lowest BCUT2D eigenvalue weighted by Crippen LogP contribution is -2.43. The maximum absolute atomic E-state index is 14.8. The van der Waals surface area contributed by atoms with E-state index in [1.54, 1.807) is 38.3 Å². The molecule has 1 amide bonds. The molecule has 238 valence electrons. The molecule has 0 aliphatic rings. The fraction of sp³-hybridized carbons (Fsp3) is 0.300. The molecule has 4 rings (SSSR count). The number of fused-ring (bicyclic) bond motifs is 1. The molecule has 45 heavy (non-hydrogen) atoms. The summed E-state index contributed by atoms with van der Waals surface area (Å²) in [7, 11) is 1.59. The Morgan fingerprint density at radius 2 is 1.78 bits per heavy atom. The number of carboxylic acid groups (broad SMARTS) is 1. The van der Waals surface area contributed by atoms with Crippen molar-refractivity contribution in [3.05, 3.63) is 86.8 Å². The molecule has 0 aliphatic carbocycles. The van der Waals surface area contributed by atoms with E-state index in [2.05, 4.69) is 9.97 Å². The van der Waals surface area contributed by atoms with Gasteiger partial charge in [-0.3, -0.25) is 14.6 Å². The van der Waals surface area contributed by atoms with E-state index in [0.29, 0.717) is 33.4 Å². The van der Waals surface area contributed by atoms with Crippen molar-refractivity contribution in [1.82, 2.24) is 19.9 Å². The first-order chi connectivity index (χ1) is 21.1. The van der Waals surface area contributed by atoms with Gasteiger partial charge >= 0.3 is 12.1 Å². The number of carboxylic acids is 1. The Balaban J connectivity index is 1.68. The summed E-state index contributed by atoms with van der Waals surface area (Å²) in [5.41, 5.74) is -0.736. The molecule has 2 aromatic carbocycles. The summed E-state index contributed by atoms with van der Waals surface area (Å²) >= 11 is 0. The van der Waals surface area contributed by atoms with Crippen LogP contribution in [0.1, 0.15) is 40.7 Å². The van der Waals surface area contributed by atoms with E-state index < -0.39 is 77.2 Å². The number of aryl methyl sites for hydroxylation is 1. The molecule has 0 aliphatic heterocycles.